The number of rotatable bonds is 17. The van der Waals surface area contributed by atoms with Crippen LogP contribution in [-0.4, -0.2) is 133 Å². The van der Waals surface area contributed by atoms with Crippen molar-refractivity contribution in [3.8, 4) is 0 Å². The fraction of sp³-hybridized carbons (Fsp3) is 0.509. The molecule has 8 amide bonds. The fourth-order valence-corrected chi connectivity index (χ4v) is 9.50. The summed E-state index contributed by atoms with van der Waals surface area (Å²) >= 11 is 0. The monoisotopic (exact) mass is 977 g/mol. The van der Waals surface area contributed by atoms with Crippen molar-refractivity contribution in [1.82, 2.24) is 52.3 Å². The minimum Gasteiger partial charge on any atom is -0.348 e. The van der Waals surface area contributed by atoms with Crippen molar-refractivity contribution in [2.75, 3.05) is 27.2 Å². The molecule has 18 heteroatoms. The lowest BCUT2D eigenvalue weighted by Gasteiger charge is -2.36. The van der Waals surface area contributed by atoms with Gasteiger partial charge in [-0.1, -0.05) is 81.4 Å². The first-order valence-corrected chi connectivity index (χ1v) is 24.7. The minimum absolute atomic E-state index is 0.0132. The molecular weight excluding hydrogens is 905 g/mol. The SMILES string of the molecule is CNC(C)C(=O)NC(C)C(=O)N1CC(NC(=O)c2cccc(C(=O)NC3CC(C(=O)NC4CCCc5ccccc54)N(C(=O)C(NC(=O)C(C)NC)C(C)(C)C)C3)c2)CC1C(=O)NC(C)c1ccccc1. The number of likely N-dealkylation sites (tertiary alicyclic amines) is 2. The van der Waals surface area contributed by atoms with Gasteiger partial charge in [0.05, 0.1) is 24.2 Å². The van der Waals surface area contributed by atoms with Crippen LogP contribution < -0.4 is 42.5 Å². The second-order valence-corrected chi connectivity index (χ2v) is 20.3. The zero-order valence-electron chi connectivity index (χ0n) is 42.4. The predicted molar refractivity (Wildman–Crippen MR) is 268 cm³/mol. The highest BCUT2D eigenvalue weighted by Crippen LogP contribution is 2.32. The van der Waals surface area contributed by atoms with E-state index in [1.165, 1.54) is 15.9 Å². The predicted octanol–water partition coefficient (Wildman–Crippen LogP) is 2.41. The highest BCUT2D eigenvalue weighted by molar-refractivity contribution is 6.01. The van der Waals surface area contributed by atoms with Crippen molar-refractivity contribution in [3.63, 3.8) is 0 Å². The van der Waals surface area contributed by atoms with Crippen molar-refractivity contribution >= 4 is 47.3 Å². The second kappa shape index (κ2) is 23.5. The van der Waals surface area contributed by atoms with Crippen molar-refractivity contribution in [2.45, 2.75) is 141 Å². The van der Waals surface area contributed by atoms with E-state index in [0.29, 0.717) is 0 Å². The van der Waals surface area contributed by atoms with E-state index >= 15 is 0 Å². The number of aryl methyl sites for hydroxylation is 1. The maximum absolute atomic E-state index is 14.6. The maximum atomic E-state index is 14.6. The van der Waals surface area contributed by atoms with E-state index in [-0.39, 0.29) is 66.9 Å². The summed E-state index contributed by atoms with van der Waals surface area (Å²) in [6.45, 7) is 12.2. The molecule has 382 valence electrons. The highest BCUT2D eigenvalue weighted by Gasteiger charge is 2.47. The average Bonchev–Trinajstić information content (AvgIpc) is 3.99. The summed E-state index contributed by atoms with van der Waals surface area (Å²) < 4.78 is 0. The zero-order valence-corrected chi connectivity index (χ0v) is 42.4. The van der Waals surface area contributed by atoms with Crippen molar-refractivity contribution in [3.05, 3.63) is 107 Å². The van der Waals surface area contributed by atoms with Crippen LogP contribution in [-0.2, 0) is 35.2 Å². The van der Waals surface area contributed by atoms with Crippen molar-refractivity contribution in [2.24, 2.45) is 5.41 Å². The number of benzene rings is 3. The largest absolute Gasteiger partial charge is 0.348 e. The fourth-order valence-electron chi connectivity index (χ4n) is 9.50. The summed E-state index contributed by atoms with van der Waals surface area (Å²) in [5.74, 6) is -3.55. The number of fused-ring (bicyclic) bond motifs is 1. The molecular formula is C53H72N10O8. The van der Waals surface area contributed by atoms with Gasteiger partial charge in [0.2, 0.25) is 35.4 Å². The lowest BCUT2D eigenvalue weighted by molar-refractivity contribution is -0.144. The summed E-state index contributed by atoms with van der Waals surface area (Å²) in [5.41, 5.74) is 2.62. The zero-order chi connectivity index (χ0) is 51.7. The molecule has 0 saturated carbocycles. The number of nitrogens with one attached hydrogen (secondary N) is 8. The molecule has 2 saturated heterocycles. The van der Waals surface area contributed by atoms with Gasteiger partial charge < -0.3 is 52.3 Å². The first kappa shape index (κ1) is 53.7. The van der Waals surface area contributed by atoms with Crippen LogP contribution in [0.5, 0.6) is 0 Å². The van der Waals surface area contributed by atoms with E-state index in [4.69, 9.17) is 0 Å². The number of likely N-dealkylation sites (N-methyl/N-ethyl adjacent to an activating group) is 2. The number of amides is 8. The van der Waals surface area contributed by atoms with Gasteiger partial charge in [-0.15, -0.1) is 0 Å². The standard InChI is InChI=1S/C53H72N10O8/c1-30(34-17-11-10-12-18-34)56-49(68)42-26-38(28-62(42)51(70)33(4)57-45(64)31(2)54-8)58-47(66)36-21-15-22-37(25-36)48(67)59-39-27-43(50(69)60-41-24-16-20-35-19-13-14-23-40(35)41)63(29-39)52(71)44(53(5,6)7)61-46(65)32(3)55-9/h10-15,17-19,21-23,25,30-33,38-39,41-44,54-55H,16,20,24,26-29H2,1-9H3,(H,56,68)(H,57,64)(H,58,66)(H,59,67)(H,60,69)(H,61,65). The van der Waals surface area contributed by atoms with Crippen molar-refractivity contribution in [1.29, 1.82) is 0 Å². The van der Waals surface area contributed by atoms with Crippen molar-refractivity contribution < 1.29 is 38.4 Å². The lowest BCUT2D eigenvalue weighted by atomic mass is 9.85. The van der Waals surface area contributed by atoms with Gasteiger partial charge in [-0.2, -0.15) is 0 Å². The third-order valence-electron chi connectivity index (χ3n) is 14.0. The Balaban J connectivity index is 1.17. The Morgan fingerprint density at radius 2 is 1.13 bits per heavy atom. The third-order valence-corrected chi connectivity index (χ3v) is 14.0. The van der Waals surface area contributed by atoms with Crippen LogP contribution in [0.4, 0.5) is 0 Å². The summed E-state index contributed by atoms with van der Waals surface area (Å²) in [7, 11) is 3.28. The summed E-state index contributed by atoms with van der Waals surface area (Å²) in [5, 5.41) is 23.5. The van der Waals surface area contributed by atoms with Crippen LogP contribution in [0.25, 0.3) is 0 Å². The molecule has 0 spiro atoms. The van der Waals surface area contributed by atoms with E-state index in [1.54, 1.807) is 53.1 Å². The van der Waals surface area contributed by atoms with Crippen LogP contribution in [0.1, 0.15) is 124 Å². The average molecular weight is 977 g/mol. The van der Waals surface area contributed by atoms with Crippen LogP contribution in [0.15, 0.2) is 78.9 Å². The molecule has 0 aromatic heterocycles. The van der Waals surface area contributed by atoms with Gasteiger partial charge in [0, 0.05) is 36.3 Å². The molecule has 0 radical (unpaired) electrons. The van der Waals surface area contributed by atoms with E-state index in [1.807, 2.05) is 76.2 Å². The Labute approximate surface area is 417 Å². The number of carbonyl (C=O) groups excluding carboxylic acids is 8. The Hall–Kier alpha value is -6.66. The van der Waals surface area contributed by atoms with Gasteiger partial charge in [0.15, 0.2) is 0 Å². The summed E-state index contributed by atoms with van der Waals surface area (Å²) in [4.78, 5) is 114. The molecule has 3 aromatic rings. The topological polar surface area (TPSA) is 239 Å². The number of hydrogen-bond donors (Lipinski definition) is 8. The molecule has 1 aliphatic carbocycles. The van der Waals surface area contributed by atoms with Gasteiger partial charge in [-0.05, 0) is 114 Å². The number of carbonyl (C=O) groups is 8. The van der Waals surface area contributed by atoms with Gasteiger partial charge in [-0.3, -0.25) is 38.4 Å². The van der Waals surface area contributed by atoms with Gasteiger partial charge in [0.1, 0.15) is 24.2 Å². The van der Waals surface area contributed by atoms with E-state index < -0.39 is 83.3 Å². The molecule has 0 bridgehead atoms. The Morgan fingerprint density at radius 1 is 0.592 bits per heavy atom. The Kier molecular flexibility index (Phi) is 17.8. The molecule has 2 fully saturated rings. The summed E-state index contributed by atoms with van der Waals surface area (Å²) in [6, 6.07) is 16.4. The van der Waals surface area contributed by atoms with Crippen LogP contribution in [0, 0.1) is 5.41 Å². The first-order valence-electron chi connectivity index (χ1n) is 24.7. The quantitative estimate of drug-likeness (QED) is 0.0984. The smallest absolute Gasteiger partial charge is 0.251 e. The second-order valence-electron chi connectivity index (χ2n) is 20.3. The van der Waals surface area contributed by atoms with E-state index in [9.17, 15) is 38.4 Å². The molecule has 18 nitrogen and oxygen atoms in total. The maximum Gasteiger partial charge on any atom is 0.251 e. The Morgan fingerprint density at radius 3 is 1.70 bits per heavy atom. The molecule has 6 rings (SSSR count). The molecule has 10 atom stereocenters. The van der Waals surface area contributed by atoms with Gasteiger partial charge >= 0.3 is 0 Å². The molecule has 3 aliphatic rings. The van der Waals surface area contributed by atoms with Gasteiger partial charge in [0.25, 0.3) is 11.8 Å². The molecule has 10 unspecified atom stereocenters. The molecule has 2 heterocycles. The number of hydrogen-bond acceptors (Lipinski definition) is 10. The highest BCUT2D eigenvalue weighted by atomic mass is 16.2. The van der Waals surface area contributed by atoms with Crippen LogP contribution in [0.3, 0.4) is 0 Å². The molecule has 3 aromatic carbocycles. The molecule has 2 aliphatic heterocycles. The first-order chi connectivity index (χ1) is 33.7. The molecule has 71 heavy (non-hydrogen) atoms. The van der Waals surface area contributed by atoms with E-state index in [2.05, 4.69) is 48.6 Å². The third kappa shape index (κ3) is 13.2. The van der Waals surface area contributed by atoms with Crippen LogP contribution in [0.2, 0.25) is 0 Å². The Bertz CT molecular complexity index is 2440. The molecule has 8 N–H and O–H groups in total. The van der Waals surface area contributed by atoms with Crippen LogP contribution >= 0.6 is 0 Å². The summed E-state index contributed by atoms with van der Waals surface area (Å²) in [6.07, 6.45) is 2.70. The number of nitrogens with zero attached hydrogens (tertiary/aromatic N) is 2. The normalized spacial score (nSPS) is 21.8. The lowest BCUT2D eigenvalue weighted by Crippen LogP contribution is -2.59. The van der Waals surface area contributed by atoms with Gasteiger partial charge in [-0.25, -0.2) is 0 Å². The van der Waals surface area contributed by atoms with E-state index in [0.717, 1.165) is 36.0 Å². The minimum atomic E-state index is -0.995.